The Morgan fingerprint density at radius 1 is 1.19 bits per heavy atom. The van der Waals surface area contributed by atoms with E-state index in [-0.39, 0.29) is 16.2 Å². The lowest BCUT2D eigenvalue weighted by atomic mass is 10.3. The van der Waals surface area contributed by atoms with Crippen LogP contribution in [-0.4, -0.2) is 11.2 Å². The van der Waals surface area contributed by atoms with Crippen LogP contribution in [0.2, 0.25) is 10.0 Å². The summed E-state index contributed by atoms with van der Waals surface area (Å²) in [6, 6.07) is 11.3. The maximum atomic E-state index is 13.1. The average molecular weight is 344 g/mol. The van der Waals surface area contributed by atoms with Gasteiger partial charge in [-0.1, -0.05) is 23.2 Å². The molecule has 0 aliphatic carbocycles. The van der Waals surface area contributed by atoms with Gasteiger partial charge in [0, 0.05) is 15.6 Å². The fourth-order valence-electron chi connectivity index (χ4n) is 1.59. The van der Waals surface area contributed by atoms with E-state index in [9.17, 15) is 9.18 Å². The van der Waals surface area contributed by atoms with E-state index in [1.165, 1.54) is 30.0 Å². The van der Waals surface area contributed by atoms with Crippen molar-refractivity contribution in [2.45, 2.75) is 17.1 Å². The zero-order chi connectivity index (χ0) is 15.4. The molecule has 0 fully saturated rings. The Bertz CT molecular complexity index is 649. The fraction of sp³-hybridized carbons (Fsp3) is 0.133. The largest absolute Gasteiger partial charge is 0.325 e. The first-order chi connectivity index (χ1) is 9.95. The third kappa shape index (κ3) is 4.63. The molecule has 21 heavy (non-hydrogen) atoms. The molecule has 0 heterocycles. The van der Waals surface area contributed by atoms with Crippen LogP contribution in [0.15, 0.2) is 47.4 Å². The first kappa shape index (κ1) is 16.1. The maximum absolute atomic E-state index is 13.1. The molecular formula is C15H12Cl2FNOS. The van der Waals surface area contributed by atoms with Crippen LogP contribution in [0.1, 0.15) is 6.92 Å². The van der Waals surface area contributed by atoms with Gasteiger partial charge in [-0.15, -0.1) is 11.8 Å². The normalized spacial score (nSPS) is 12.0. The van der Waals surface area contributed by atoms with E-state index in [0.717, 1.165) is 4.90 Å². The Kier molecular flexibility index (Phi) is 5.51. The highest BCUT2D eigenvalue weighted by atomic mass is 35.5. The lowest BCUT2D eigenvalue weighted by Gasteiger charge is -2.12. The number of carbonyl (C=O) groups is 1. The number of halogens is 3. The van der Waals surface area contributed by atoms with Crippen LogP contribution in [0.25, 0.3) is 0 Å². The Labute approximate surface area is 136 Å². The van der Waals surface area contributed by atoms with Gasteiger partial charge in [-0.25, -0.2) is 4.39 Å². The van der Waals surface area contributed by atoms with Crippen molar-refractivity contribution >= 4 is 46.6 Å². The number of hydrogen-bond donors (Lipinski definition) is 1. The number of nitrogens with one attached hydrogen (secondary N) is 1. The number of hydrogen-bond acceptors (Lipinski definition) is 2. The van der Waals surface area contributed by atoms with Crippen molar-refractivity contribution in [1.29, 1.82) is 0 Å². The van der Waals surface area contributed by atoms with Gasteiger partial charge in [0.2, 0.25) is 5.91 Å². The molecule has 2 nitrogen and oxygen atoms in total. The van der Waals surface area contributed by atoms with Crippen LogP contribution >= 0.6 is 35.0 Å². The number of rotatable bonds is 4. The van der Waals surface area contributed by atoms with E-state index in [4.69, 9.17) is 23.2 Å². The molecule has 1 amide bonds. The van der Waals surface area contributed by atoms with Crippen molar-refractivity contribution in [3.05, 3.63) is 58.3 Å². The minimum Gasteiger partial charge on any atom is -0.325 e. The molecule has 6 heteroatoms. The van der Waals surface area contributed by atoms with Crippen LogP contribution in [0.4, 0.5) is 10.1 Å². The van der Waals surface area contributed by atoms with Crippen molar-refractivity contribution < 1.29 is 9.18 Å². The highest BCUT2D eigenvalue weighted by molar-refractivity contribution is 8.00. The van der Waals surface area contributed by atoms with E-state index >= 15 is 0 Å². The summed E-state index contributed by atoms with van der Waals surface area (Å²) in [6.07, 6.45) is 0. The summed E-state index contributed by atoms with van der Waals surface area (Å²) >= 11 is 12.9. The van der Waals surface area contributed by atoms with Gasteiger partial charge in [-0.05, 0) is 49.4 Å². The average Bonchev–Trinajstić information content (AvgIpc) is 2.45. The van der Waals surface area contributed by atoms with Crippen LogP contribution < -0.4 is 5.32 Å². The van der Waals surface area contributed by atoms with E-state index in [2.05, 4.69) is 5.32 Å². The molecule has 0 radical (unpaired) electrons. The fourth-order valence-corrected chi connectivity index (χ4v) is 2.76. The van der Waals surface area contributed by atoms with Gasteiger partial charge in [0.15, 0.2) is 0 Å². The zero-order valence-electron chi connectivity index (χ0n) is 11.1. The second-order valence-electron chi connectivity index (χ2n) is 4.33. The Balaban J connectivity index is 1.98. The standard InChI is InChI=1S/C15H12Cl2FNOS/c1-9(21-12-5-2-10(16)3-6-12)15(20)19-11-4-7-14(18)13(17)8-11/h2-9H,1H3,(H,19,20). The second kappa shape index (κ2) is 7.16. The molecule has 1 atom stereocenters. The van der Waals surface area contributed by atoms with Crippen LogP contribution in [-0.2, 0) is 4.79 Å². The van der Waals surface area contributed by atoms with E-state index < -0.39 is 5.82 Å². The lowest BCUT2D eigenvalue weighted by molar-refractivity contribution is -0.115. The predicted octanol–water partition coefficient (Wildman–Crippen LogP) is 5.25. The first-order valence-electron chi connectivity index (χ1n) is 6.14. The minimum absolute atomic E-state index is 0.0224. The monoisotopic (exact) mass is 343 g/mol. The van der Waals surface area contributed by atoms with Gasteiger partial charge >= 0.3 is 0 Å². The molecule has 0 saturated carbocycles. The summed E-state index contributed by atoms with van der Waals surface area (Å²) in [5, 5.41) is 3.02. The van der Waals surface area contributed by atoms with Gasteiger partial charge < -0.3 is 5.32 Å². The number of benzene rings is 2. The van der Waals surface area contributed by atoms with Crippen LogP contribution in [0, 0.1) is 5.82 Å². The summed E-state index contributed by atoms with van der Waals surface area (Å²) in [7, 11) is 0. The van der Waals surface area contributed by atoms with Gasteiger partial charge in [0.25, 0.3) is 0 Å². The van der Waals surface area contributed by atoms with Gasteiger partial charge in [-0.2, -0.15) is 0 Å². The summed E-state index contributed by atoms with van der Waals surface area (Å²) in [6.45, 7) is 1.79. The van der Waals surface area contributed by atoms with Gasteiger partial charge in [0.05, 0.1) is 10.3 Å². The van der Waals surface area contributed by atoms with E-state index in [1.807, 2.05) is 12.1 Å². The zero-order valence-corrected chi connectivity index (χ0v) is 13.4. The molecule has 0 aliphatic rings. The molecule has 0 aromatic heterocycles. The van der Waals surface area contributed by atoms with Gasteiger partial charge in [0.1, 0.15) is 5.82 Å². The molecule has 0 saturated heterocycles. The second-order valence-corrected chi connectivity index (χ2v) is 6.59. The molecule has 2 aromatic carbocycles. The molecule has 2 rings (SSSR count). The third-order valence-corrected chi connectivity index (χ3v) is 4.34. The highest BCUT2D eigenvalue weighted by Crippen LogP contribution is 2.26. The lowest BCUT2D eigenvalue weighted by Crippen LogP contribution is -2.22. The molecular weight excluding hydrogens is 332 g/mol. The Hall–Kier alpha value is -1.23. The highest BCUT2D eigenvalue weighted by Gasteiger charge is 2.15. The SMILES string of the molecule is CC(Sc1ccc(Cl)cc1)C(=O)Nc1ccc(F)c(Cl)c1. The Morgan fingerprint density at radius 3 is 2.48 bits per heavy atom. The molecule has 0 bridgehead atoms. The summed E-state index contributed by atoms with van der Waals surface area (Å²) in [5.74, 6) is -0.698. The van der Waals surface area contributed by atoms with Crippen molar-refractivity contribution in [1.82, 2.24) is 0 Å². The van der Waals surface area contributed by atoms with Crippen molar-refractivity contribution in [2.24, 2.45) is 0 Å². The predicted molar refractivity (Wildman–Crippen MR) is 86.8 cm³/mol. The minimum atomic E-state index is -0.516. The number of anilines is 1. The van der Waals surface area contributed by atoms with E-state index in [0.29, 0.717) is 10.7 Å². The topological polar surface area (TPSA) is 29.1 Å². The molecule has 1 unspecified atom stereocenters. The third-order valence-electron chi connectivity index (χ3n) is 2.68. The molecule has 0 spiro atoms. The summed E-state index contributed by atoms with van der Waals surface area (Å²) in [4.78, 5) is 13.0. The van der Waals surface area contributed by atoms with E-state index in [1.54, 1.807) is 19.1 Å². The van der Waals surface area contributed by atoms with Crippen molar-refractivity contribution in [3.63, 3.8) is 0 Å². The molecule has 1 N–H and O–H groups in total. The first-order valence-corrected chi connectivity index (χ1v) is 7.77. The molecule has 2 aromatic rings. The molecule has 0 aliphatic heterocycles. The number of amides is 1. The summed E-state index contributed by atoms with van der Waals surface area (Å²) in [5.41, 5.74) is 0.468. The van der Waals surface area contributed by atoms with Gasteiger partial charge in [-0.3, -0.25) is 4.79 Å². The number of carbonyl (C=O) groups excluding carboxylic acids is 1. The maximum Gasteiger partial charge on any atom is 0.237 e. The molecule has 110 valence electrons. The quantitative estimate of drug-likeness (QED) is 0.768. The smallest absolute Gasteiger partial charge is 0.237 e. The Morgan fingerprint density at radius 2 is 1.86 bits per heavy atom. The summed E-state index contributed by atoms with van der Waals surface area (Å²) < 4.78 is 13.1. The number of thioether (sulfide) groups is 1. The van der Waals surface area contributed by atoms with Crippen molar-refractivity contribution in [2.75, 3.05) is 5.32 Å². The van der Waals surface area contributed by atoms with Crippen molar-refractivity contribution in [3.8, 4) is 0 Å². The van der Waals surface area contributed by atoms with Crippen LogP contribution in [0.5, 0.6) is 0 Å². The van der Waals surface area contributed by atoms with Crippen LogP contribution in [0.3, 0.4) is 0 Å².